The van der Waals surface area contributed by atoms with E-state index in [0.717, 1.165) is 4.90 Å². The van der Waals surface area contributed by atoms with E-state index in [1.54, 1.807) is 19.1 Å². The molecule has 0 aliphatic carbocycles. The fourth-order valence-corrected chi connectivity index (χ4v) is 3.14. The fraction of sp³-hybridized carbons (Fsp3) is 0.250. The Labute approximate surface area is 195 Å². The molecule has 0 radical (unpaired) electrons. The molecule has 0 aromatic heterocycles. The van der Waals surface area contributed by atoms with E-state index in [1.165, 1.54) is 43.3 Å². The molecule has 0 spiro atoms. The summed E-state index contributed by atoms with van der Waals surface area (Å²) >= 11 is 0. The molecule has 10 nitrogen and oxygen atoms in total. The van der Waals surface area contributed by atoms with Crippen molar-refractivity contribution in [3.05, 3.63) is 53.6 Å². The number of ether oxygens (including phenoxy) is 3. The number of carbonyl (C=O) groups is 4. The van der Waals surface area contributed by atoms with Crippen molar-refractivity contribution in [2.24, 2.45) is 0 Å². The molecule has 4 amide bonds. The predicted molar refractivity (Wildman–Crippen MR) is 119 cm³/mol. The molecule has 1 aliphatic rings. The molecule has 1 heterocycles. The molecular weight excluding hydrogens is 444 g/mol. The summed E-state index contributed by atoms with van der Waals surface area (Å²) in [6.07, 6.45) is 0.0861. The number of nitrogens with zero attached hydrogens (tertiary/aromatic N) is 1. The Balaban J connectivity index is 1.93. The summed E-state index contributed by atoms with van der Waals surface area (Å²) in [6.45, 7) is 5.60. The maximum Gasteiger partial charge on any atom is 0.335 e. The van der Waals surface area contributed by atoms with E-state index in [9.17, 15) is 24.3 Å². The largest absolute Gasteiger partial charge is 0.546 e. The third-order valence-electron chi connectivity index (χ3n) is 4.72. The lowest BCUT2D eigenvalue weighted by Crippen LogP contribution is -2.54. The number of hydrogen-bond donors (Lipinski definition) is 1. The lowest BCUT2D eigenvalue weighted by atomic mass is 10.1. The number of carbonyl (C=O) groups excluding carboxylic acids is 4. The van der Waals surface area contributed by atoms with Crippen LogP contribution in [0.3, 0.4) is 0 Å². The fourth-order valence-electron chi connectivity index (χ4n) is 3.14. The Kier molecular flexibility index (Phi) is 7.52. The summed E-state index contributed by atoms with van der Waals surface area (Å²) in [7, 11) is 0. The van der Waals surface area contributed by atoms with Crippen LogP contribution in [0.5, 0.6) is 17.2 Å². The average molecular weight is 467 g/mol. The van der Waals surface area contributed by atoms with Gasteiger partial charge in [0.15, 0.2) is 11.5 Å². The van der Waals surface area contributed by atoms with Gasteiger partial charge in [0.25, 0.3) is 11.8 Å². The maximum atomic E-state index is 13.1. The van der Waals surface area contributed by atoms with Crippen molar-refractivity contribution >= 4 is 35.6 Å². The molecule has 0 saturated carbocycles. The third kappa shape index (κ3) is 5.34. The van der Waals surface area contributed by atoms with Gasteiger partial charge < -0.3 is 24.1 Å². The topological polar surface area (TPSA) is 134 Å². The van der Waals surface area contributed by atoms with E-state index in [0.29, 0.717) is 17.9 Å². The molecule has 1 aliphatic heterocycles. The highest BCUT2D eigenvalue weighted by molar-refractivity contribution is 6.39. The Morgan fingerprint density at radius 3 is 2.32 bits per heavy atom. The summed E-state index contributed by atoms with van der Waals surface area (Å²) in [4.78, 5) is 49.8. The number of amides is 4. The number of carboxylic acids is 1. The molecule has 10 heteroatoms. The molecule has 1 fully saturated rings. The summed E-state index contributed by atoms with van der Waals surface area (Å²) in [5.41, 5.74) is 0.392. The van der Waals surface area contributed by atoms with Crippen LogP contribution in [0.25, 0.3) is 6.08 Å². The summed E-state index contributed by atoms with van der Waals surface area (Å²) in [6, 6.07) is 9.89. The molecule has 34 heavy (non-hydrogen) atoms. The Morgan fingerprint density at radius 1 is 1.03 bits per heavy atom. The first-order valence-electron chi connectivity index (χ1n) is 10.5. The van der Waals surface area contributed by atoms with Crippen LogP contribution in [0.4, 0.5) is 10.5 Å². The number of nitrogens with one attached hydrogen (secondary N) is 1. The van der Waals surface area contributed by atoms with Crippen LogP contribution >= 0.6 is 0 Å². The number of anilines is 1. The highest BCUT2D eigenvalue weighted by Crippen LogP contribution is 2.31. The zero-order valence-electron chi connectivity index (χ0n) is 18.8. The minimum absolute atomic E-state index is 0.159. The number of carboxylic acid groups (broad SMARTS) is 1. The highest BCUT2D eigenvalue weighted by atomic mass is 16.5. The molecule has 3 rings (SSSR count). The lowest BCUT2D eigenvalue weighted by Gasteiger charge is -2.26. The van der Waals surface area contributed by atoms with E-state index < -0.39 is 29.9 Å². The second-order valence-corrected chi connectivity index (χ2v) is 7.10. The van der Waals surface area contributed by atoms with Crippen molar-refractivity contribution in [1.82, 2.24) is 5.32 Å². The van der Waals surface area contributed by atoms with Crippen molar-refractivity contribution in [3.63, 3.8) is 0 Å². The van der Waals surface area contributed by atoms with Gasteiger partial charge in [0.05, 0.1) is 24.9 Å². The van der Waals surface area contributed by atoms with Crippen molar-refractivity contribution in [2.75, 3.05) is 18.1 Å². The molecule has 2 aromatic rings. The van der Waals surface area contributed by atoms with Crippen LogP contribution in [0.15, 0.2) is 48.0 Å². The molecule has 0 bridgehead atoms. The predicted octanol–water partition coefficient (Wildman–Crippen LogP) is 1.67. The van der Waals surface area contributed by atoms with Crippen LogP contribution in [-0.2, 0) is 14.4 Å². The van der Waals surface area contributed by atoms with E-state index in [2.05, 4.69) is 5.32 Å². The van der Waals surface area contributed by atoms with E-state index in [1.807, 2.05) is 6.92 Å². The van der Waals surface area contributed by atoms with Crippen molar-refractivity contribution in [1.29, 1.82) is 0 Å². The van der Waals surface area contributed by atoms with Crippen molar-refractivity contribution in [2.45, 2.75) is 26.9 Å². The smallest absolute Gasteiger partial charge is 0.335 e. The molecule has 1 atom stereocenters. The molecule has 2 aromatic carbocycles. The van der Waals surface area contributed by atoms with Crippen LogP contribution < -0.4 is 29.5 Å². The summed E-state index contributed by atoms with van der Waals surface area (Å²) < 4.78 is 16.2. The molecular formula is C24H23N2O8-. The van der Waals surface area contributed by atoms with Gasteiger partial charge >= 0.3 is 6.03 Å². The highest BCUT2D eigenvalue weighted by Gasteiger charge is 2.36. The second kappa shape index (κ2) is 10.5. The first-order valence-corrected chi connectivity index (χ1v) is 10.5. The van der Waals surface area contributed by atoms with Crippen LogP contribution in [0.1, 0.15) is 26.3 Å². The number of aliphatic carboxylic acids is 1. The van der Waals surface area contributed by atoms with Gasteiger partial charge in [-0.1, -0.05) is 6.07 Å². The average Bonchev–Trinajstić information content (AvgIpc) is 2.79. The first kappa shape index (κ1) is 24.3. The van der Waals surface area contributed by atoms with Crippen LogP contribution in [0, 0.1) is 0 Å². The number of benzene rings is 2. The lowest BCUT2D eigenvalue weighted by molar-refractivity contribution is -0.312. The number of barbiturate groups is 1. The minimum Gasteiger partial charge on any atom is -0.546 e. The zero-order chi connectivity index (χ0) is 24.8. The molecule has 1 N–H and O–H groups in total. The third-order valence-corrected chi connectivity index (χ3v) is 4.72. The van der Waals surface area contributed by atoms with Gasteiger partial charge in [-0.15, -0.1) is 0 Å². The van der Waals surface area contributed by atoms with Gasteiger partial charge in [0.2, 0.25) is 0 Å². The Morgan fingerprint density at radius 2 is 1.71 bits per heavy atom. The minimum atomic E-state index is -1.39. The van der Waals surface area contributed by atoms with Crippen molar-refractivity contribution < 1.29 is 38.5 Å². The summed E-state index contributed by atoms with van der Waals surface area (Å²) in [5, 5.41) is 13.2. The SMILES string of the molecule is CCOc1ccc(N2C(=O)NC(=O)/C(=C\c3ccc(O[C@@H](C)C(=O)[O-])c(OCC)c3)C2=O)cc1. The van der Waals surface area contributed by atoms with E-state index in [4.69, 9.17) is 14.2 Å². The van der Waals surface area contributed by atoms with Gasteiger partial charge in [-0.25, -0.2) is 9.69 Å². The number of urea groups is 1. The Bertz CT molecular complexity index is 1140. The number of hydrogen-bond acceptors (Lipinski definition) is 8. The molecule has 0 unspecified atom stereocenters. The van der Waals surface area contributed by atoms with Gasteiger partial charge in [0, 0.05) is 0 Å². The normalized spacial score (nSPS) is 15.7. The van der Waals surface area contributed by atoms with E-state index >= 15 is 0 Å². The van der Waals surface area contributed by atoms with Crippen LogP contribution in [0.2, 0.25) is 0 Å². The zero-order valence-corrected chi connectivity index (χ0v) is 18.8. The summed E-state index contributed by atoms with van der Waals surface area (Å²) in [5.74, 6) is -2.10. The van der Waals surface area contributed by atoms with Gasteiger partial charge in [0.1, 0.15) is 17.4 Å². The molecule has 1 saturated heterocycles. The van der Waals surface area contributed by atoms with E-state index in [-0.39, 0.29) is 29.4 Å². The van der Waals surface area contributed by atoms with Gasteiger partial charge in [-0.05, 0) is 68.8 Å². The van der Waals surface area contributed by atoms with Gasteiger partial charge in [-0.3, -0.25) is 14.9 Å². The second-order valence-electron chi connectivity index (χ2n) is 7.10. The quantitative estimate of drug-likeness (QED) is 0.435. The maximum absolute atomic E-state index is 13.1. The van der Waals surface area contributed by atoms with Gasteiger partial charge in [-0.2, -0.15) is 0 Å². The van der Waals surface area contributed by atoms with Crippen molar-refractivity contribution in [3.8, 4) is 17.2 Å². The number of rotatable bonds is 9. The van der Waals surface area contributed by atoms with Crippen LogP contribution in [-0.4, -0.2) is 43.1 Å². The number of imide groups is 2. The monoisotopic (exact) mass is 467 g/mol. The Hall–Kier alpha value is -4.34. The standard InChI is InChI=1S/C24H24N2O8/c1-4-32-17-9-7-16(8-10-17)26-22(28)18(21(27)25-24(26)31)12-15-6-11-19(20(13-15)33-5-2)34-14(3)23(29)30/h6-14H,4-5H2,1-3H3,(H,29,30)(H,25,27,31)/p-1/b18-12+/t14-/m0/s1. The first-order chi connectivity index (χ1) is 16.2. The molecule has 178 valence electrons.